The molecule has 0 saturated heterocycles. The first-order valence-corrected chi connectivity index (χ1v) is 5.01. The first-order chi connectivity index (χ1) is 5.39. The Morgan fingerprint density at radius 2 is 1.33 bits per heavy atom. The number of para-hydroxylation sites is 1. The number of hydrogen-bond acceptors (Lipinski definition) is 3. The van der Waals surface area contributed by atoms with Crippen LogP contribution in [0.1, 0.15) is 0 Å². The summed E-state index contributed by atoms with van der Waals surface area (Å²) in [5.41, 5.74) is 0. The van der Waals surface area contributed by atoms with Gasteiger partial charge in [-0.05, 0) is 12.1 Å². The van der Waals surface area contributed by atoms with Crippen LogP contribution in [-0.2, 0) is 21.2 Å². The van der Waals surface area contributed by atoms with Crippen LogP contribution >= 0.6 is 0 Å². The minimum atomic E-state index is -5.25. The second kappa shape index (κ2) is 4.85. The van der Waals surface area contributed by atoms with Crippen molar-refractivity contribution < 1.29 is 34.6 Å². The molecule has 0 unspecified atom stereocenters. The molecular formula is C6H8CrO5. The zero-order valence-corrected chi connectivity index (χ0v) is 7.23. The quantitative estimate of drug-likeness (QED) is 0.564. The molecule has 12 heavy (non-hydrogen) atoms. The van der Waals surface area contributed by atoms with Crippen LogP contribution in [0.15, 0.2) is 30.3 Å². The molecular weight excluding hydrogens is 204 g/mol. The fraction of sp³-hybridized carbons (Fsp3) is 0. The molecule has 1 aromatic rings. The van der Waals surface area contributed by atoms with Crippen LogP contribution in [0.25, 0.3) is 0 Å². The van der Waals surface area contributed by atoms with Crippen LogP contribution in [0, 0.1) is 0 Å². The molecule has 1 aromatic carbocycles. The number of rotatable bonds is 0. The summed E-state index contributed by atoms with van der Waals surface area (Å²) in [6.45, 7) is 0. The maximum absolute atomic E-state index is 8.82. The van der Waals surface area contributed by atoms with E-state index in [0.29, 0.717) is 5.75 Å². The molecule has 0 bridgehead atoms. The van der Waals surface area contributed by atoms with E-state index in [9.17, 15) is 0 Å². The van der Waals surface area contributed by atoms with Crippen molar-refractivity contribution >= 4 is 0 Å². The zero-order chi connectivity index (χ0) is 9.61. The molecule has 1 rings (SSSR count). The average Bonchev–Trinajstić information content (AvgIpc) is 1.85. The van der Waals surface area contributed by atoms with Gasteiger partial charge in [-0.1, -0.05) is 18.2 Å². The molecule has 0 aromatic heterocycles. The van der Waals surface area contributed by atoms with Gasteiger partial charge in [-0.2, -0.15) is 0 Å². The molecule has 68 valence electrons. The molecule has 0 radical (unpaired) electrons. The maximum atomic E-state index is 8.82. The Kier molecular flexibility index (Phi) is 4.48. The van der Waals surface area contributed by atoms with E-state index in [-0.39, 0.29) is 0 Å². The monoisotopic (exact) mass is 212 g/mol. The standard InChI is InChI=1S/C6H6O.Cr.2H2O.2O/c7-6-4-2-1-3-5-6;;;;;/h1-5,7H;;2*1H2;;/q;+2;;;;/p-2. The Hall–Kier alpha value is -0.928. The molecule has 0 fully saturated rings. The van der Waals surface area contributed by atoms with E-state index in [2.05, 4.69) is 0 Å². The fourth-order valence-corrected chi connectivity index (χ4v) is 0.428. The molecule has 3 N–H and O–H groups in total. The summed E-state index contributed by atoms with van der Waals surface area (Å²) in [6, 6.07) is 8.71. The summed E-state index contributed by atoms with van der Waals surface area (Å²) in [5, 5.41) is 8.63. The van der Waals surface area contributed by atoms with Gasteiger partial charge in [0.15, 0.2) is 0 Å². The number of aromatic hydroxyl groups is 1. The number of phenolic OH excluding ortho intramolecular Hbond substituents is 1. The summed E-state index contributed by atoms with van der Waals surface area (Å²) >= 11 is -5.25. The number of hydrogen-bond donors (Lipinski definition) is 3. The van der Waals surface area contributed by atoms with Crippen molar-refractivity contribution in [3.63, 3.8) is 0 Å². The molecule has 5 nitrogen and oxygen atoms in total. The Bertz CT molecular complexity index is 296. The van der Waals surface area contributed by atoms with Crippen molar-refractivity contribution in [3.8, 4) is 5.75 Å². The Labute approximate surface area is 71.3 Å². The molecule has 0 spiro atoms. The van der Waals surface area contributed by atoms with E-state index in [4.69, 9.17) is 21.0 Å². The molecule has 0 amide bonds. The van der Waals surface area contributed by atoms with Gasteiger partial charge in [0.25, 0.3) is 0 Å². The van der Waals surface area contributed by atoms with Crippen LogP contribution in [0.5, 0.6) is 5.75 Å². The Morgan fingerprint density at radius 3 is 1.50 bits per heavy atom. The average molecular weight is 212 g/mol. The molecule has 0 atom stereocenters. The van der Waals surface area contributed by atoms with Crippen molar-refractivity contribution in [2.24, 2.45) is 0 Å². The van der Waals surface area contributed by atoms with Crippen molar-refractivity contribution in [1.29, 1.82) is 0 Å². The van der Waals surface area contributed by atoms with Gasteiger partial charge in [0.05, 0.1) is 0 Å². The first kappa shape index (κ1) is 11.1. The van der Waals surface area contributed by atoms with Crippen LogP contribution in [0.2, 0.25) is 0 Å². The summed E-state index contributed by atoms with van der Waals surface area (Å²) in [4.78, 5) is 0. The van der Waals surface area contributed by atoms with Gasteiger partial charge in [-0.3, -0.25) is 0 Å². The van der Waals surface area contributed by atoms with E-state index in [1.54, 1.807) is 24.3 Å². The van der Waals surface area contributed by atoms with Gasteiger partial charge in [0.2, 0.25) is 0 Å². The summed E-state index contributed by atoms with van der Waals surface area (Å²) in [7, 11) is 0. The van der Waals surface area contributed by atoms with Gasteiger partial charge in [-0.15, -0.1) is 0 Å². The van der Waals surface area contributed by atoms with Crippen molar-refractivity contribution in [2.45, 2.75) is 0 Å². The Balaban J connectivity index is 0.000000217. The van der Waals surface area contributed by atoms with Crippen LogP contribution < -0.4 is 0 Å². The molecule has 0 aliphatic rings. The minimum absolute atomic E-state index is 0.322. The van der Waals surface area contributed by atoms with Crippen molar-refractivity contribution in [1.82, 2.24) is 0 Å². The molecule has 0 aliphatic heterocycles. The number of phenols is 1. The summed E-state index contributed by atoms with van der Waals surface area (Å²) < 4.78 is 31.9. The topological polar surface area (TPSA) is 94.8 Å². The van der Waals surface area contributed by atoms with Crippen LogP contribution in [0.4, 0.5) is 0 Å². The van der Waals surface area contributed by atoms with Crippen molar-refractivity contribution in [3.05, 3.63) is 30.3 Å². The van der Waals surface area contributed by atoms with E-state index in [0.717, 1.165) is 0 Å². The van der Waals surface area contributed by atoms with Gasteiger partial charge in [0.1, 0.15) is 5.75 Å². The fourth-order valence-electron chi connectivity index (χ4n) is 0.428. The van der Waals surface area contributed by atoms with Gasteiger partial charge < -0.3 is 5.11 Å². The van der Waals surface area contributed by atoms with Crippen LogP contribution in [-0.4, -0.2) is 13.4 Å². The number of benzene rings is 1. The predicted octanol–water partition coefficient (Wildman–Crippen LogP) is 0.0381. The van der Waals surface area contributed by atoms with E-state index in [1.165, 1.54) is 0 Å². The summed E-state index contributed by atoms with van der Waals surface area (Å²) in [6.07, 6.45) is 0. The van der Waals surface area contributed by atoms with Crippen molar-refractivity contribution in [2.75, 3.05) is 0 Å². The van der Waals surface area contributed by atoms with Gasteiger partial charge >= 0.3 is 29.5 Å². The zero-order valence-electron chi connectivity index (χ0n) is 5.95. The molecule has 0 saturated carbocycles. The van der Waals surface area contributed by atoms with E-state index >= 15 is 0 Å². The first-order valence-electron chi connectivity index (χ1n) is 2.83. The second-order valence-electron chi connectivity index (χ2n) is 1.78. The van der Waals surface area contributed by atoms with Gasteiger partial charge in [0, 0.05) is 0 Å². The third-order valence-electron chi connectivity index (χ3n) is 0.756. The summed E-state index contributed by atoms with van der Waals surface area (Å²) in [5.74, 6) is 0.322. The third-order valence-corrected chi connectivity index (χ3v) is 0.756. The molecule has 0 heterocycles. The third kappa shape index (κ3) is 11.8. The van der Waals surface area contributed by atoms with E-state index in [1.807, 2.05) is 6.07 Å². The molecule has 0 aliphatic carbocycles. The van der Waals surface area contributed by atoms with E-state index < -0.39 is 13.6 Å². The SMILES string of the molecule is Oc1ccccc1.[O]=[Cr](=[O])([OH])[OH]. The van der Waals surface area contributed by atoms with Crippen LogP contribution in [0.3, 0.4) is 0 Å². The second-order valence-corrected chi connectivity index (χ2v) is 3.18. The van der Waals surface area contributed by atoms with Gasteiger partial charge in [-0.25, -0.2) is 0 Å². The molecule has 6 heteroatoms. The normalized spacial score (nSPS) is 9.83. The predicted molar refractivity (Wildman–Crippen MR) is 33.9 cm³/mol. The Morgan fingerprint density at radius 1 is 1.00 bits per heavy atom.